The fraction of sp³-hybridized carbons (Fsp3) is 0.702. The first-order valence-corrected chi connectivity index (χ1v) is 25.6. The monoisotopic (exact) mass is 935 g/mol. The van der Waals surface area contributed by atoms with Gasteiger partial charge in [0, 0.05) is 32.4 Å². The van der Waals surface area contributed by atoms with Crippen LogP contribution in [0.1, 0.15) is 145 Å². The van der Waals surface area contributed by atoms with E-state index < -0.39 is 0 Å². The quantitative estimate of drug-likeness (QED) is 0.0918. The molecule has 6 aliphatic rings. The number of hydrogen-bond acceptors (Lipinski definition) is 8. The fourth-order valence-corrected chi connectivity index (χ4v) is 15.0. The Morgan fingerprint density at radius 3 is 1.60 bits per heavy atom. The van der Waals surface area contributed by atoms with Gasteiger partial charge in [0.25, 0.3) is 0 Å². The van der Waals surface area contributed by atoms with Crippen LogP contribution in [0.25, 0.3) is 0 Å². The molecule has 376 valence electrons. The summed E-state index contributed by atoms with van der Waals surface area (Å²) >= 11 is 0. The van der Waals surface area contributed by atoms with Crippen LogP contribution < -0.4 is 11.1 Å². The molecule has 0 bridgehead atoms. The van der Waals surface area contributed by atoms with E-state index in [-0.39, 0.29) is 70.6 Å². The number of fused-ring (bicyclic) bond motifs is 2. The van der Waals surface area contributed by atoms with Crippen LogP contribution in [0.3, 0.4) is 0 Å². The van der Waals surface area contributed by atoms with E-state index in [1.807, 2.05) is 13.0 Å². The molecule has 67 heavy (non-hydrogen) atoms. The average Bonchev–Trinajstić information content (AvgIpc) is 3.79. The molecule has 0 aliphatic heterocycles. The second kappa shape index (κ2) is 23.4. The summed E-state index contributed by atoms with van der Waals surface area (Å²) in [7, 11) is 1.00. The van der Waals surface area contributed by atoms with E-state index in [0.717, 1.165) is 95.5 Å². The van der Waals surface area contributed by atoms with E-state index >= 15 is 0 Å². The molecule has 8 rings (SSSR count). The number of aliphatic hydroxyl groups is 5. The number of nitrogens with one attached hydrogen (secondary N) is 1. The molecule has 6 fully saturated rings. The Hall–Kier alpha value is -2.83. The van der Waals surface area contributed by atoms with Crippen molar-refractivity contribution in [1.82, 2.24) is 5.32 Å². The van der Waals surface area contributed by atoms with Crippen molar-refractivity contribution in [1.29, 1.82) is 0 Å². The molecule has 8 nitrogen and oxygen atoms in total. The number of nitrogens with two attached hydrogens (primary N) is 1. The molecule has 0 radical (unpaired) electrons. The van der Waals surface area contributed by atoms with Crippen molar-refractivity contribution >= 4 is 6.29 Å². The van der Waals surface area contributed by atoms with Crippen molar-refractivity contribution in [2.75, 3.05) is 33.4 Å². The van der Waals surface area contributed by atoms with Gasteiger partial charge in [0.1, 0.15) is 17.9 Å². The van der Waals surface area contributed by atoms with E-state index in [1.54, 1.807) is 19.1 Å². The van der Waals surface area contributed by atoms with E-state index in [9.17, 15) is 34.0 Å². The molecule has 0 aromatic heterocycles. The summed E-state index contributed by atoms with van der Waals surface area (Å²) in [6, 6.07) is 9.13. The highest BCUT2D eigenvalue weighted by atomic mass is 19.1. The van der Waals surface area contributed by atoms with Gasteiger partial charge in [-0.15, -0.1) is 0 Å². The fourth-order valence-electron chi connectivity index (χ4n) is 15.0. The van der Waals surface area contributed by atoms with Gasteiger partial charge >= 0.3 is 0 Å². The van der Waals surface area contributed by atoms with Gasteiger partial charge in [-0.1, -0.05) is 58.1 Å². The second-order valence-corrected chi connectivity index (χ2v) is 22.6. The minimum atomic E-state index is -0.303. The third kappa shape index (κ3) is 11.5. The van der Waals surface area contributed by atoms with Crippen molar-refractivity contribution in [3.8, 4) is 0 Å². The van der Waals surface area contributed by atoms with Crippen LogP contribution in [0.2, 0.25) is 0 Å². The molecule has 0 heterocycles. The zero-order chi connectivity index (χ0) is 49.5. The molecule has 8 N–H and O–H groups in total. The number of carbonyl (C=O) groups is 1. The summed E-state index contributed by atoms with van der Waals surface area (Å²) in [6.45, 7) is 24.9. The lowest BCUT2D eigenvalue weighted by Crippen LogP contribution is -2.53. The largest absolute Gasteiger partial charge is 0.400 e. The van der Waals surface area contributed by atoms with Crippen LogP contribution in [0.15, 0.2) is 60.7 Å². The van der Waals surface area contributed by atoms with Crippen LogP contribution in [-0.4, -0.2) is 77.4 Å². The van der Waals surface area contributed by atoms with Crippen molar-refractivity contribution < 1.29 is 39.1 Å². The molecule has 0 amide bonds. The number of aldehydes is 1. The summed E-state index contributed by atoms with van der Waals surface area (Å²) in [5, 5.41) is 51.3. The van der Waals surface area contributed by atoms with E-state index in [2.05, 4.69) is 46.2 Å². The van der Waals surface area contributed by atoms with Gasteiger partial charge in [-0.05, 0) is 233 Å². The number of hydrogen-bond donors (Lipinski definition) is 7. The third-order valence-electron chi connectivity index (χ3n) is 19.6. The van der Waals surface area contributed by atoms with E-state index in [4.69, 9.17) is 10.8 Å². The minimum Gasteiger partial charge on any atom is -0.400 e. The topological polar surface area (TPSA) is 156 Å². The zero-order valence-electron chi connectivity index (χ0n) is 42.1. The third-order valence-corrected chi connectivity index (χ3v) is 19.6. The maximum atomic E-state index is 13.5. The molecule has 14 atom stereocenters. The maximum Gasteiger partial charge on any atom is 0.150 e. The number of benzene rings is 2. The first-order valence-electron chi connectivity index (χ1n) is 25.6. The van der Waals surface area contributed by atoms with Crippen LogP contribution in [0, 0.1) is 94.5 Å². The van der Waals surface area contributed by atoms with Gasteiger partial charge in [-0.25, -0.2) is 8.78 Å². The van der Waals surface area contributed by atoms with Gasteiger partial charge in [0.05, 0.1) is 12.2 Å². The average molecular weight is 935 g/mol. The summed E-state index contributed by atoms with van der Waals surface area (Å²) in [6.07, 6.45) is 14.9. The Morgan fingerprint density at radius 1 is 0.687 bits per heavy atom. The number of halogens is 2. The Labute approximate surface area is 402 Å². The highest BCUT2D eigenvalue weighted by molar-refractivity contribution is 5.76. The number of aliphatic hydroxyl groups excluding tert-OH is 5. The van der Waals surface area contributed by atoms with Crippen LogP contribution in [0.5, 0.6) is 0 Å². The van der Waals surface area contributed by atoms with Gasteiger partial charge in [0.15, 0.2) is 0 Å². The number of rotatable bonds is 10. The van der Waals surface area contributed by atoms with Gasteiger partial charge in [0.2, 0.25) is 0 Å². The number of allylic oxidation sites excluding steroid dienone is 2. The van der Waals surface area contributed by atoms with Gasteiger partial charge < -0.3 is 36.6 Å². The highest BCUT2D eigenvalue weighted by Gasteiger charge is 2.58. The molecule has 2 aromatic rings. The van der Waals surface area contributed by atoms with Crippen molar-refractivity contribution in [2.24, 2.45) is 74.7 Å². The Morgan fingerprint density at radius 2 is 1.15 bits per heavy atom. The van der Waals surface area contributed by atoms with Crippen molar-refractivity contribution in [3.05, 3.63) is 94.6 Å². The van der Waals surface area contributed by atoms with Gasteiger partial charge in [-0.2, -0.15) is 0 Å². The molecular formula is C57H88F2N2O6. The van der Waals surface area contributed by atoms with Gasteiger partial charge in [-0.3, -0.25) is 4.79 Å². The maximum absolute atomic E-state index is 13.5. The van der Waals surface area contributed by atoms with Crippen LogP contribution in [0.4, 0.5) is 8.78 Å². The lowest BCUT2D eigenvalue weighted by molar-refractivity contribution is -0.0933. The van der Waals surface area contributed by atoms with Crippen LogP contribution in [-0.2, 0) is 6.54 Å². The molecule has 6 saturated carbocycles. The lowest BCUT2D eigenvalue weighted by atomic mass is 9.49. The molecular weight excluding hydrogens is 847 g/mol. The summed E-state index contributed by atoms with van der Waals surface area (Å²) in [5.74, 6) is 3.29. The SMILES string of the molecule is C=C1CC[C@H]2[C@H](CN)[C@@H]([C@@]3(C)CC[C@H](O)C[C@@H]3CO)CC[C@]12C.C=C1CC[C@H]2[C@H](CNCc3ccc(F)cc3C)[C@@H]([C@@]3(C)CC[C@H](O)C[C@@H]3CO)CC[C@]12C.CO.Cc1cc(F)ccc1C=O. The predicted octanol–water partition coefficient (Wildman–Crippen LogP) is 10.0. The van der Waals surface area contributed by atoms with E-state index in [1.165, 1.54) is 61.4 Å². The number of aryl methyl sites for hydroxylation is 2. The highest BCUT2D eigenvalue weighted by Crippen LogP contribution is 2.65. The lowest BCUT2D eigenvalue weighted by Gasteiger charge is -2.56. The van der Waals surface area contributed by atoms with E-state index in [0.29, 0.717) is 53.1 Å². The standard InChI is InChI=1S/C28H42FNO2.C20H35NO2.C8H7FO.CH4O/c1-18-13-22(29)7-6-20(18)15-30-16-24-25-8-5-19(2)27(25,3)12-10-26(24)28(4)11-9-23(32)14-21(28)17-31;1-13-4-5-17-16(11-21)18(7-9-19(13,17)2)20(3)8-6-15(23)10-14(20)12-22;1-6-4-8(9)3-2-7(6)5-10;1-2/h6-7,13,21,23-26,30-32H,2,5,8-12,14-17H2,1,3-4H3;14-18,22-23H,1,4-12,21H2,2-3H3;2-5H,1H3;2H,1H3/t21-,23+,24+,25+,26+,27-,28+;14-,15+,16+,17+,18+,19-,20+;;/m11../s1. The zero-order valence-corrected chi connectivity index (χ0v) is 42.1. The summed E-state index contributed by atoms with van der Waals surface area (Å²) in [4.78, 5) is 10.2. The smallest absolute Gasteiger partial charge is 0.150 e. The molecule has 0 saturated heterocycles. The normalized spacial score (nSPS) is 38.0. The van der Waals surface area contributed by atoms with Crippen molar-refractivity contribution in [2.45, 2.75) is 150 Å². The molecule has 0 spiro atoms. The Kier molecular flexibility index (Phi) is 19.2. The first-order chi connectivity index (χ1) is 31.8. The van der Waals surface area contributed by atoms with Crippen molar-refractivity contribution in [3.63, 3.8) is 0 Å². The molecule has 6 aliphatic carbocycles. The summed E-state index contributed by atoms with van der Waals surface area (Å²) in [5.41, 5.74) is 13.2. The Bertz CT molecular complexity index is 1980. The molecule has 2 aromatic carbocycles. The molecule has 0 unspecified atom stereocenters. The molecule has 10 heteroatoms. The predicted molar refractivity (Wildman–Crippen MR) is 266 cm³/mol. The summed E-state index contributed by atoms with van der Waals surface area (Å²) < 4.78 is 25.9. The minimum absolute atomic E-state index is 0.0529. The second-order valence-electron chi connectivity index (χ2n) is 22.6. The number of carbonyl (C=O) groups excluding carboxylic acids is 1. The Balaban J connectivity index is 0.000000208. The first kappa shape index (κ1) is 55.1. The van der Waals surface area contributed by atoms with Crippen LogP contribution >= 0.6 is 0 Å².